The van der Waals surface area contributed by atoms with Crippen LogP contribution in [0.5, 0.6) is 0 Å². The number of primary amides is 1. The molecule has 5 rings (SSSR count). The third-order valence-electron chi connectivity index (χ3n) is 7.88. The lowest BCUT2D eigenvalue weighted by molar-refractivity contribution is -0.137. The van der Waals surface area contributed by atoms with Crippen LogP contribution < -0.4 is 10.6 Å². The summed E-state index contributed by atoms with van der Waals surface area (Å²) < 4.78 is 57.7. The van der Waals surface area contributed by atoms with Gasteiger partial charge >= 0.3 is 6.18 Å². The lowest BCUT2D eigenvalue weighted by atomic mass is 9.88. The molecule has 1 aliphatic carbocycles. The molecule has 0 saturated heterocycles. The van der Waals surface area contributed by atoms with Crippen LogP contribution in [-0.2, 0) is 6.18 Å². The predicted molar refractivity (Wildman–Crippen MR) is 149 cm³/mol. The lowest BCUT2D eigenvalue weighted by Crippen LogP contribution is -2.48. The first-order valence-corrected chi connectivity index (χ1v) is 13.7. The molecule has 0 unspecified atom stereocenters. The van der Waals surface area contributed by atoms with Crippen LogP contribution in [0.1, 0.15) is 67.1 Å². The highest BCUT2D eigenvalue weighted by atomic mass is 19.4. The number of anilines is 1. The largest absolute Gasteiger partial charge is 0.419 e. The summed E-state index contributed by atoms with van der Waals surface area (Å²) in [5.41, 5.74) is 5.56. The van der Waals surface area contributed by atoms with Crippen LogP contribution >= 0.6 is 0 Å². The van der Waals surface area contributed by atoms with Gasteiger partial charge in [-0.05, 0) is 63.8 Å². The Morgan fingerprint density at radius 3 is 2.49 bits per heavy atom. The van der Waals surface area contributed by atoms with Crippen molar-refractivity contribution in [1.82, 2.24) is 24.4 Å². The normalized spacial score (nSPS) is 18.4. The quantitative estimate of drug-likeness (QED) is 0.281. The summed E-state index contributed by atoms with van der Waals surface area (Å²) in [6, 6.07) is 8.22. The molecule has 10 nitrogen and oxygen atoms in total. The van der Waals surface area contributed by atoms with E-state index in [9.17, 15) is 28.3 Å². The van der Waals surface area contributed by atoms with Crippen LogP contribution in [0.25, 0.3) is 16.9 Å². The summed E-state index contributed by atoms with van der Waals surface area (Å²) in [6.45, 7) is 2.43. The molecule has 43 heavy (non-hydrogen) atoms. The van der Waals surface area contributed by atoms with Crippen molar-refractivity contribution in [2.24, 2.45) is 5.73 Å². The number of carbonyl (C=O) groups excluding carboxylic acids is 1. The Hall–Kier alpha value is -4.51. The Morgan fingerprint density at radius 1 is 1.16 bits per heavy atom. The number of alkyl halides is 4. The molecule has 1 fully saturated rings. The average molecular weight is 599 g/mol. The molecular formula is C29H30F4N8O2. The number of halogens is 4. The minimum Gasteiger partial charge on any atom is -0.387 e. The van der Waals surface area contributed by atoms with E-state index in [1.165, 1.54) is 30.9 Å². The van der Waals surface area contributed by atoms with Gasteiger partial charge in [-0.3, -0.25) is 14.5 Å². The molecule has 4 heterocycles. The SMILES string of the molecule is CC(C)(O)[C@H](F)CN(c1cc(-c2ccc3cc(C#N)cnn23)ncc1C(N)=O)C1CCC(n2cc(C(F)(F)F)cn2)CC1. The maximum Gasteiger partial charge on any atom is 0.419 e. The lowest BCUT2D eigenvalue weighted by Gasteiger charge is -2.41. The first-order valence-electron chi connectivity index (χ1n) is 13.7. The number of hydrogen-bond acceptors (Lipinski definition) is 7. The highest BCUT2D eigenvalue weighted by Crippen LogP contribution is 2.38. The molecule has 226 valence electrons. The number of pyridine rings is 1. The molecule has 0 aliphatic heterocycles. The van der Waals surface area contributed by atoms with E-state index in [4.69, 9.17) is 5.73 Å². The van der Waals surface area contributed by atoms with E-state index < -0.39 is 29.4 Å². The second-order valence-electron chi connectivity index (χ2n) is 11.3. The highest BCUT2D eigenvalue weighted by Gasteiger charge is 2.36. The zero-order chi connectivity index (χ0) is 31.1. The van der Waals surface area contributed by atoms with Crippen molar-refractivity contribution < 1.29 is 27.5 Å². The van der Waals surface area contributed by atoms with Crippen molar-refractivity contribution in [2.75, 3.05) is 11.4 Å². The van der Waals surface area contributed by atoms with Gasteiger partial charge in [0.25, 0.3) is 5.91 Å². The van der Waals surface area contributed by atoms with Crippen LogP contribution in [0.2, 0.25) is 0 Å². The molecule has 1 amide bonds. The number of fused-ring (bicyclic) bond motifs is 1. The van der Waals surface area contributed by atoms with Crippen LogP contribution in [0.3, 0.4) is 0 Å². The number of aliphatic hydroxyl groups is 1. The highest BCUT2D eigenvalue weighted by molar-refractivity contribution is 5.99. The Kier molecular flexibility index (Phi) is 7.87. The maximum atomic E-state index is 15.5. The molecule has 1 saturated carbocycles. The minimum absolute atomic E-state index is 0.0521. The molecule has 1 atom stereocenters. The summed E-state index contributed by atoms with van der Waals surface area (Å²) in [7, 11) is 0. The van der Waals surface area contributed by atoms with Crippen molar-refractivity contribution in [3.8, 4) is 17.5 Å². The average Bonchev–Trinajstić information content (AvgIpc) is 3.63. The fourth-order valence-electron chi connectivity index (χ4n) is 5.43. The smallest absolute Gasteiger partial charge is 0.387 e. The molecule has 4 aromatic heterocycles. The third-order valence-corrected chi connectivity index (χ3v) is 7.88. The van der Waals surface area contributed by atoms with Crippen LogP contribution in [0.15, 0.2) is 49.1 Å². The van der Waals surface area contributed by atoms with Crippen molar-refractivity contribution in [1.29, 1.82) is 5.26 Å². The number of nitrogens with zero attached hydrogens (tertiary/aromatic N) is 7. The van der Waals surface area contributed by atoms with Gasteiger partial charge in [-0.15, -0.1) is 0 Å². The van der Waals surface area contributed by atoms with Crippen LogP contribution in [0, 0.1) is 11.3 Å². The molecular weight excluding hydrogens is 568 g/mol. The molecule has 0 aromatic carbocycles. The number of hydrogen-bond donors (Lipinski definition) is 2. The van der Waals surface area contributed by atoms with E-state index >= 15 is 4.39 Å². The van der Waals surface area contributed by atoms with Gasteiger partial charge in [0.1, 0.15) is 12.2 Å². The summed E-state index contributed by atoms with van der Waals surface area (Å²) in [6.07, 6.45) is 0.114. The summed E-state index contributed by atoms with van der Waals surface area (Å²) in [5.74, 6) is -0.778. The maximum absolute atomic E-state index is 15.5. The van der Waals surface area contributed by atoms with Crippen molar-refractivity contribution >= 4 is 17.1 Å². The molecule has 4 aromatic rings. The van der Waals surface area contributed by atoms with Gasteiger partial charge in [0.05, 0.1) is 69.9 Å². The molecule has 0 radical (unpaired) electrons. The fraction of sp³-hybridized carbons (Fsp3) is 0.414. The van der Waals surface area contributed by atoms with Gasteiger partial charge < -0.3 is 15.7 Å². The molecule has 1 aliphatic rings. The number of rotatable bonds is 8. The standard InChI is InChI=1S/C29H30F4N8O2/c1-28(2,43)26(30)16-39(19-3-5-20(6-4-19)40-15-18(13-37-40)29(31,32)33)25-10-23(36-14-22(25)27(35)42)24-8-7-21-9-17(11-34)12-38-41(21)24/h7-10,12-15,19-20,26,43H,3-6,16H2,1-2H3,(H2,35,42)/t19?,20?,26-/m1/s1. The Morgan fingerprint density at radius 2 is 1.88 bits per heavy atom. The second kappa shape index (κ2) is 11.3. The monoisotopic (exact) mass is 598 g/mol. The van der Waals surface area contributed by atoms with E-state index in [2.05, 4.69) is 15.2 Å². The molecule has 14 heteroatoms. The van der Waals surface area contributed by atoms with Gasteiger partial charge in [-0.25, -0.2) is 8.91 Å². The van der Waals surface area contributed by atoms with E-state index in [0.29, 0.717) is 53.8 Å². The number of nitrogens with two attached hydrogens (primary N) is 1. The van der Waals surface area contributed by atoms with Crippen LogP contribution in [-0.4, -0.2) is 59.8 Å². The minimum atomic E-state index is -4.50. The first kappa shape index (κ1) is 30.0. The van der Waals surface area contributed by atoms with Crippen molar-refractivity contribution in [2.45, 2.75) is 69.6 Å². The van der Waals surface area contributed by atoms with Crippen molar-refractivity contribution in [3.63, 3.8) is 0 Å². The summed E-state index contributed by atoms with van der Waals surface area (Å²) in [5, 5.41) is 27.9. The van der Waals surface area contributed by atoms with Gasteiger partial charge in [-0.1, -0.05) is 0 Å². The topological polar surface area (TPSA) is 138 Å². The van der Waals surface area contributed by atoms with E-state index in [1.54, 1.807) is 33.7 Å². The zero-order valence-corrected chi connectivity index (χ0v) is 23.5. The Labute approximate surface area is 244 Å². The Balaban J connectivity index is 1.50. The summed E-state index contributed by atoms with van der Waals surface area (Å²) >= 11 is 0. The zero-order valence-electron chi connectivity index (χ0n) is 23.5. The molecule has 0 spiro atoms. The van der Waals surface area contributed by atoms with Gasteiger partial charge in [0, 0.05) is 18.4 Å². The summed E-state index contributed by atoms with van der Waals surface area (Å²) in [4.78, 5) is 18.7. The third kappa shape index (κ3) is 6.17. The number of aromatic nitrogens is 5. The van der Waals surface area contributed by atoms with Crippen LogP contribution in [0.4, 0.5) is 23.2 Å². The van der Waals surface area contributed by atoms with Gasteiger partial charge in [0.2, 0.25) is 0 Å². The Bertz CT molecular complexity index is 1680. The van der Waals surface area contributed by atoms with E-state index in [1.807, 2.05) is 6.07 Å². The first-order chi connectivity index (χ1) is 20.3. The van der Waals surface area contributed by atoms with E-state index in [-0.39, 0.29) is 24.2 Å². The van der Waals surface area contributed by atoms with Gasteiger partial charge in [0.15, 0.2) is 0 Å². The predicted octanol–water partition coefficient (Wildman–Crippen LogP) is 4.68. The molecule has 3 N–H and O–H groups in total. The van der Waals surface area contributed by atoms with Crippen molar-refractivity contribution in [3.05, 3.63) is 65.7 Å². The van der Waals surface area contributed by atoms with E-state index in [0.717, 1.165) is 12.4 Å². The second-order valence-corrected chi connectivity index (χ2v) is 11.3. The number of amides is 1. The fourth-order valence-corrected chi connectivity index (χ4v) is 5.43. The number of carbonyl (C=O) groups is 1. The number of nitriles is 1. The van der Waals surface area contributed by atoms with Gasteiger partial charge in [-0.2, -0.15) is 28.6 Å². The molecule has 0 bridgehead atoms.